The normalized spacial score (nSPS) is 12.8. The lowest BCUT2D eigenvalue weighted by Gasteiger charge is -2.27. The van der Waals surface area contributed by atoms with Gasteiger partial charge in [-0.3, -0.25) is 0 Å². The number of hydrogen-bond donors (Lipinski definition) is 2. The van der Waals surface area contributed by atoms with Gasteiger partial charge in [-0.2, -0.15) is 0 Å². The molecule has 0 aromatic heterocycles. The van der Waals surface area contributed by atoms with Crippen LogP contribution in [-0.4, -0.2) is 21.4 Å². The summed E-state index contributed by atoms with van der Waals surface area (Å²) in [5, 5.41) is 20.4. The molecule has 0 rings (SSSR count). The zero-order valence-corrected chi connectivity index (χ0v) is 12.8. The highest BCUT2D eigenvalue weighted by atomic mass is 16.3. The van der Waals surface area contributed by atoms with E-state index in [0.717, 1.165) is 56.9 Å². The quantitative estimate of drug-likeness (QED) is 0.575. The van der Waals surface area contributed by atoms with E-state index in [-0.39, 0.29) is 0 Å². The number of hydrogen-bond acceptors (Lipinski definition) is 2. The molecule has 0 aliphatic carbocycles. The topological polar surface area (TPSA) is 40.5 Å². The van der Waals surface area contributed by atoms with Crippen LogP contribution in [0, 0.1) is 0 Å². The zero-order chi connectivity index (χ0) is 14.2. The Bertz CT molecular complexity index is 213. The summed E-state index contributed by atoms with van der Waals surface area (Å²) in [6.07, 6.45) is 6.49. The van der Waals surface area contributed by atoms with Crippen LogP contribution in [0.4, 0.5) is 0 Å². The fraction of sp³-hybridized carbons (Fsp3) is 0.875. The average molecular weight is 256 g/mol. The molecule has 0 bridgehead atoms. The van der Waals surface area contributed by atoms with E-state index in [1.807, 2.05) is 27.7 Å². The molecule has 0 aliphatic rings. The Balaban J connectivity index is 4.06. The summed E-state index contributed by atoms with van der Waals surface area (Å²) in [6, 6.07) is 0. The predicted molar refractivity (Wildman–Crippen MR) is 78.7 cm³/mol. The number of aliphatic hydroxyl groups is 2. The molecule has 0 aromatic carbocycles. The Labute approximate surface area is 113 Å². The van der Waals surface area contributed by atoms with Crippen molar-refractivity contribution >= 4 is 0 Å². The molecule has 2 heteroatoms. The Morgan fingerprint density at radius 3 is 1.28 bits per heavy atom. The highest BCUT2D eigenvalue weighted by Gasteiger charge is 2.24. The summed E-state index contributed by atoms with van der Waals surface area (Å²) in [5.74, 6) is 0. The second-order valence-electron chi connectivity index (χ2n) is 5.61. The van der Waals surface area contributed by atoms with E-state index in [1.165, 1.54) is 0 Å². The molecule has 0 unspecified atom stereocenters. The highest BCUT2D eigenvalue weighted by Crippen LogP contribution is 2.27. The molecule has 2 nitrogen and oxygen atoms in total. The number of rotatable bonds is 10. The first kappa shape index (κ1) is 17.7. The van der Waals surface area contributed by atoms with Crippen LogP contribution >= 0.6 is 0 Å². The maximum Gasteiger partial charge on any atom is 0.0645 e. The van der Waals surface area contributed by atoms with E-state index in [9.17, 15) is 10.2 Å². The van der Waals surface area contributed by atoms with Crippen molar-refractivity contribution in [2.45, 2.75) is 90.3 Å². The first-order valence-electron chi connectivity index (χ1n) is 7.46. The molecule has 0 saturated carbocycles. The van der Waals surface area contributed by atoms with Gasteiger partial charge < -0.3 is 10.2 Å². The van der Waals surface area contributed by atoms with Crippen molar-refractivity contribution in [1.82, 2.24) is 0 Å². The summed E-state index contributed by atoms with van der Waals surface area (Å²) in [7, 11) is 0. The second-order valence-corrected chi connectivity index (χ2v) is 5.61. The van der Waals surface area contributed by atoms with Crippen molar-refractivity contribution in [1.29, 1.82) is 0 Å². The van der Waals surface area contributed by atoms with Crippen LogP contribution in [-0.2, 0) is 0 Å². The van der Waals surface area contributed by atoms with Gasteiger partial charge >= 0.3 is 0 Å². The fourth-order valence-electron chi connectivity index (χ4n) is 2.15. The average Bonchev–Trinajstić information content (AvgIpc) is 2.42. The molecule has 0 aliphatic heterocycles. The number of allylic oxidation sites excluding steroid dienone is 1. The minimum Gasteiger partial charge on any atom is -0.390 e. The third kappa shape index (κ3) is 6.01. The third-order valence-corrected chi connectivity index (χ3v) is 4.52. The largest absolute Gasteiger partial charge is 0.390 e. The molecule has 0 atom stereocenters. The van der Waals surface area contributed by atoms with Crippen molar-refractivity contribution < 1.29 is 10.2 Å². The summed E-state index contributed by atoms with van der Waals surface area (Å²) in [4.78, 5) is 0. The van der Waals surface area contributed by atoms with Crippen LogP contribution < -0.4 is 0 Å². The van der Waals surface area contributed by atoms with Crippen molar-refractivity contribution in [3.8, 4) is 0 Å². The maximum absolute atomic E-state index is 10.2. The molecule has 0 heterocycles. The molecule has 0 amide bonds. The van der Waals surface area contributed by atoms with Crippen LogP contribution in [0.3, 0.4) is 0 Å². The smallest absolute Gasteiger partial charge is 0.0645 e. The Morgan fingerprint density at radius 2 is 1.06 bits per heavy atom. The minimum atomic E-state index is -0.533. The second kappa shape index (κ2) is 7.96. The monoisotopic (exact) mass is 256 g/mol. The molecule has 0 aromatic rings. The molecule has 108 valence electrons. The van der Waals surface area contributed by atoms with Gasteiger partial charge in [-0.05, 0) is 51.4 Å². The van der Waals surface area contributed by atoms with E-state index >= 15 is 0 Å². The molecule has 0 spiro atoms. The van der Waals surface area contributed by atoms with Gasteiger partial charge in [0.25, 0.3) is 0 Å². The van der Waals surface area contributed by atoms with Crippen molar-refractivity contribution in [3.63, 3.8) is 0 Å². The third-order valence-electron chi connectivity index (χ3n) is 4.52. The molecule has 2 N–H and O–H groups in total. The van der Waals surface area contributed by atoms with Crippen LogP contribution in [0.25, 0.3) is 0 Å². The molecule has 0 radical (unpaired) electrons. The summed E-state index contributed by atoms with van der Waals surface area (Å²) >= 11 is 0. The minimum absolute atomic E-state index is 0.533. The standard InChI is InChI=1S/C16H32O2/c1-6-15(17,7-2)12-10-14(5)11-13-16(18,8-3)9-4/h17-18H,5-13H2,1-4H3. The highest BCUT2D eigenvalue weighted by molar-refractivity contribution is 4.98. The van der Waals surface area contributed by atoms with Gasteiger partial charge in [0.1, 0.15) is 0 Å². The van der Waals surface area contributed by atoms with Crippen molar-refractivity contribution in [3.05, 3.63) is 12.2 Å². The maximum atomic E-state index is 10.2. The summed E-state index contributed by atoms with van der Waals surface area (Å²) in [5.41, 5.74) is 0.0828. The predicted octanol–water partition coefficient (Wildman–Crippen LogP) is 4.21. The van der Waals surface area contributed by atoms with Gasteiger partial charge in [0.05, 0.1) is 11.2 Å². The van der Waals surface area contributed by atoms with Crippen LogP contribution in [0.1, 0.15) is 79.1 Å². The first-order chi connectivity index (χ1) is 8.34. The molecule has 0 saturated heterocycles. The van der Waals surface area contributed by atoms with Gasteiger partial charge in [0.2, 0.25) is 0 Å². The Kier molecular flexibility index (Phi) is 7.81. The van der Waals surface area contributed by atoms with E-state index in [2.05, 4.69) is 6.58 Å². The lowest BCUT2D eigenvalue weighted by molar-refractivity contribution is 0.0196. The van der Waals surface area contributed by atoms with Gasteiger partial charge in [-0.25, -0.2) is 0 Å². The van der Waals surface area contributed by atoms with Crippen LogP contribution in [0.2, 0.25) is 0 Å². The summed E-state index contributed by atoms with van der Waals surface area (Å²) in [6.45, 7) is 12.2. The van der Waals surface area contributed by atoms with Crippen LogP contribution in [0.15, 0.2) is 12.2 Å². The zero-order valence-electron chi connectivity index (χ0n) is 12.8. The van der Waals surface area contributed by atoms with E-state index in [4.69, 9.17) is 0 Å². The lowest BCUT2D eigenvalue weighted by Crippen LogP contribution is -2.27. The van der Waals surface area contributed by atoms with Gasteiger partial charge in [0.15, 0.2) is 0 Å². The van der Waals surface area contributed by atoms with Crippen molar-refractivity contribution in [2.75, 3.05) is 0 Å². The van der Waals surface area contributed by atoms with Crippen LogP contribution in [0.5, 0.6) is 0 Å². The first-order valence-corrected chi connectivity index (χ1v) is 7.46. The van der Waals surface area contributed by atoms with Gasteiger partial charge in [-0.1, -0.05) is 39.8 Å². The van der Waals surface area contributed by atoms with Gasteiger partial charge in [0, 0.05) is 0 Å². The molecular formula is C16H32O2. The van der Waals surface area contributed by atoms with E-state index < -0.39 is 11.2 Å². The molecule has 18 heavy (non-hydrogen) atoms. The lowest BCUT2D eigenvalue weighted by atomic mass is 9.86. The molecule has 0 fully saturated rings. The fourth-order valence-corrected chi connectivity index (χ4v) is 2.15. The Hall–Kier alpha value is -0.340. The van der Waals surface area contributed by atoms with E-state index in [1.54, 1.807) is 0 Å². The molecular weight excluding hydrogens is 224 g/mol. The van der Waals surface area contributed by atoms with Crippen molar-refractivity contribution in [2.24, 2.45) is 0 Å². The van der Waals surface area contributed by atoms with E-state index in [0.29, 0.717) is 0 Å². The Morgan fingerprint density at radius 1 is 0.778 bits per heavy atom. The SMILES string of the molecule is C=C(CCC(O)(CC)CC)CCC(O)(CC)CC. The summed E-state index contributed by atoms with van der Waals surface area (Å²) < 4.78 is 0. The van der Waals surface area contributed by atoms with Gasteiger partial charge in [-0.15, -0.1) is 0 Å².